The Hall–Kier alpha value is -4.21. The van der Waals surface area contributed by atoms with Crippen LogP contribution < -0.4 is 26.7 Å². The monoisotopic (exact) mass is 469 g/mol. The van der Waals surface area contributed by atoms with Gasteiger partial charge in [0.05, 0.1) is 7.11 Å². The van der Waals surface area contributed by atoms with Crippen LogP contribution in [0.1, 0.15) is 18.1 Å². The molecule has 1 heterocycles. The molecule has 2 aromatic carbocycles. The van der Waals surface area contributed by atoms with Crippen LogP contribution in [0.15, 0.2) is 57.7 Å². The molecule has 9 nitrogen and oxygen atoms in total. The minimum atomic E-state index is -1.21. The lowest BCUT2D eigenvalue weighted by molar-refractivity contribution is -0.130. The van der Waals surface area contributed by atoms with Gasteiger partial charge in [-0.15, -0.1) is 0 Å². The zero-order valence-corrected chi connectivity index (χ0v) is 18.6. The Morgan fingerprint density at radius 1 is 1.03 bits per heavy atom. The van der Waals surface area contributed by atoms with Gasteiger partial charge in [-0.05, 0) is 29.3 Å². The molecule has 0 radical (unpaired) electrons. The maximum atomic E-state index is 14.1. The molecule has 0 aliphatic carbocycles. The third-order valence-corrected chi connectivity index (χ3v) is 5.20. The molecule has 178 valence electrons. The highest BCUT2D eigenvalue weighted by molar-refractivity contribution is 5.92. The highest BCUT2D eigenvalue weighted by Gasteiger charge is 2.27. The molecule has 3 amide bonds. The topological polar surface area (TPSA) is 141 Å². The number of carbonyl (C=O) groups excluding carboxylic acids is 3. The van der Waals surface area contributed by atoms with Gasteiger partial charge in [0.15, 0.2) is 0 Å². The molecule has 3 aromatic rings. The minimum Gasteiger partial charge on any atom is -0.497 e. The first-order chi connectivity index (χ1) is 16.2. The number of primary amides is 1. The zero-order valence-electron chi connectivity index (χ0n) is 18.6. The number of fused-ring (bicyclic) bond motifs is 1. The summed E-state index contributed by atoms with van der Waals surface area (Å²) in [4.78, 5) is 48.8. The predicted octanol–water partition coefficient (Wildman–Crippen LogP) is 1.20. The van der Waals surface area contributed by atoms with Crippen molar-refractivity contribution in [2.24, 2.45) is 5.73 Å². The lowest BCUT2D eigenvalue weighted by Gasteiger charge is -2.22. The zero-order chi connectivity index (χ0) is 24.8. The van der Waals surface area contributed by atoms with Crippen LogP contribution >= 0.6 is 0 Å². The van der Waals surface area contributed by atoms with Crippen LogP contribution in [0, 0.1) is 5.82 Å². The van der Waals surface area contributed by atoms with E-state index in [1.807, 2.05) is 0 Å². The lowest BCUT2D eigenvalue weighted by Crippen LogP contribution is -2.54. The summed E-state index contributed by atoms with van der Waals surface area (Å²) < 4.78 is 24.4. The Balaban J connectivity index is 1.87. The van der Waals surface area contributed by atoms with E-state index in [1.165, 1.54) is 44.4 Å². The third-order valence-electron chi connectivity index (χ3n) is 5.20. The first-order valence-corrected chi connectivity index (χ1v) is 10.4. The molecule has 3 rings (SSSR count). The summed E-state index contributed by atoms with van der Waals surface area (Å²) in [5.41, 5.74) is 5.74. The van der Waals surface area contributed by atoms with E-state index >= 15 is 0 Å². The molecule has 0 fully saturated rings. The average molecular weight is 469 g/mol. The van der Waals surface area contributed by atoms with Crippen LogP contribution in [0.2, 0.25) is 0 Å². The molecule has 10 heteroatoms. The van der Waals surface area contributed by atoms with E-state index in [1.54, 1.807) is 18.2 Å². The fourth-order valence-electron chi connectivity index (χ4n) is 3.56. The number of ether oxygens (including phenoxy) is 1. The maximum Gasteiger partial charge on any atom is 0.336 e. The number of amides is 3. The smallest absolute Gasteiger partial charge is 0.336 e. The molecule has 1 aromatic heterocycles. The van der Waals surface area contributed by atoms with Crippen molar-refractivity contribution >= 4 is 28.7 Å². The molecule has 0 saturated heterocycles. The van der Waals surface area contributed by atoms with Crippen molar-refractivity contribution in [1.29, 1.82) is 0 Å². The summed E-state index contributed by atoms with van der Waals surface area (Å²) in [6.07, 6.45) is -0.247. The predicted molar refractivity (Wildman–Crippen MR) is 122 cm³/mol. The van der Waals surface area contributed by atoms with Crippen LogP contribution in [0.3, 0.4) is 0 Å². The van der Waals surface area contributed by atoms with E-state index in [0.29, 0.717) is 16.7 Å². The van der Waals surface area contributed by atoms with Gasteiger partial charge in [0.2, 0.25) is 17.7 Å². The number of nitrogens with one attached hydrogen (secondary N) is 2. The number of hydrogen-bond donors (Lipinski definition) is 3. The number of nitrogens with two attached hydrogens (primary N) is 1. The van der Waals surface area contributed by atoms with E-state index < -0.39 is 41.2 Å². The molecule has 0 saturated carbocycles. The Morgan fingerprint density at radius 3 is 2.38 bits per heavy atom. The maximum absolute atomic E-state index is 14.1. The largest absolute Gasteiger partial charge is 0.497 e. The first kappa shape index (κ1) is 24.4. The summed E-state index contributed by atoms with van der Waals surface area (Å²) in [7, 11) is 1.47. The Morgan fingerprint density at radius 2 is 1.74 bits per heavy atom. The Bertz CT molecular complexity index is 1290. The van der Waals surface area contributed by atoms with Gasteiger partial charge in [-0.1, -0.05) is 18.2 Å². The van der Waals surface area contributed by atoms with Crippen molar-refractivity contribution < 1.29 is 27.9 Å². The molecule has 0 aliphatic rings. The second-order valence-corrected chi connectivity index (χ2v) is 7.67. The van der Waals surface area contributed by atoms with E-state index in [-0.39, 0.29) is 24.0 Å². The summed E-state index contributed by atoms with van der Waals surface area (Å²) in [6.45, 7) is 1.22. The fraction of sp³-hybridized carbons (Fsp3) is 0.250. The minimum absolute atomic E-state index is 0.109. The fourth-order valence-corrected chi connectivity index (χ4v) is 3.56. The van der Waals surface area contributed by atoms with Crippen molar-refractivity contribution in [1.82, 2.24) is 10.6 Å². The second kappa shape index (κ2) is 10.6. The molecule has 0 aliphatic heterocycles. The number of hydrogen-bond acceptors (Lipinski definition) is 6. The van der Waals surface area contributed by atoms with Gasteiger partial charge < -0.3 is 25.5 Å². The van der Waals surface area contributed by atoms with Gasteiger partial charge in [0, 0.05) is 37.3 Å². The molecule has 34 heavy (non-hydrogen) atoms. The molecule has 0 bridgehead atoms. The van der Waals surface area contributed by atoms with Crippen molar-refractivity contribution in [2.75, 3.05) is 7.11 Å². The van der Waals surface area contributed by atoms with Crippen molar-refractivity contribution in [3.63, 3.8) is 0 Å². The molecule has 2 atom stereocenters. The number of halogens is 1. The summed E-state index contributed by atoms with van der Waals surface area (Å²) >= 11 is 0. The molecular formula is C24H24FN3O6. The Labute approximate surface area is 194 Å². The van der Waals surface area contributed by atoms with Gasteiger partial charge >= 0.3 is 5.63 Å². The number of rotatable bonds is 9. The number of methoxy groups -OCH3 is 1. The van der Waals surface area contributed by atoms with Crippen LogP contribution in [0.25, 0.3) is 11.0 Å². The van der Waals surface area contributed by atoms with Crippen LogP contribution in [0.5, 0.6) is 5.75 Å². The summed E-state index contributed by atoms with van der Waals surface area (Å²) in [5, 5.41) is 5.51. The molecule has 4 N–H and O–H groups in total. The van der Waals surface area contributed by atoms with E-state index in [9.17, 15) is 23.6 Å². The quantitative estimate of drug-likeness (QED) is 0.402. The number of benzene rings is 2. The van der Waals surface area contributed by atoms with Gasteiger partial charge in [-0.2, -0.15) is 0 Å². The van der Waals surface area contributed by atoms with Gasteiger partial charge in [-0.3, -0.25) is 14.4 Å². The van der Waals surface area contributed by atoms with Gasteiger partial charge in [0.25, 0.3) is 0 Å². The van der Waals surface area contributed by atoms with Crippen molar-refractivity contribution in [2.45, 2.75) is 31.8 Å². The number of carbonyl (C=O) groups is 3. The highest BCUT2D eigenvalue weighted by atomic mass is 19.1. The Kier molecular flexibility index (Phi) is 7.62. The van der Waals surface area contributed by atoms with Crippen LogP contribution in [-0.4, -0.2) is 36.9 Å². The first-order valence-electron chi connectivity index (χ1n) is 10.4. The van der Waals surface area contributed by atoms with Crippen LogP contribution in [0.4, 0.5) is 4.39 Å². The van der Waals surface area contributed by atoms with Gasteiger partial charge in [0.1, 0.15) is 29.2 Å². The standard InChI is InChI=1S/C24H24FN3O6/c1-13(29)27-20(9-14-5-3-4-6-18(14)25)24(32)28-19(23(26)31)10-15-11-22(30)34-21-12-16(33-2)7-8-17(15)21/h3-8,11-12,19-20H,9-10H2,1-2H3,(H2,26,31)(H,27,29)(H,28,32)/t19-,20+/m0/s1. The van der Waals surface area contributed by atoms with E-state index in [2.05, 4.69) is 10.6 Å². The molecule has 0 unspecified atom stereocenters. The third kappa shape index (κ3) is 5.97. The SMILES string of the molecule is COc1ccc2c(C[C@H](NC(=O)[C@@H](Cc3ccccc3F)NC(C)=O)C(N)=O)cc(=O)oc2c1. The molecule has 0 spiro atoms. The van der Waals surface area contributed by atoms with Crippen molar-refractivity contribution in [3.8, 4) is 5.75 Å². The highest BCUT2D eigenvalue weighted by Crippen LogP contribution is 2.23. The summed E-state index contributed by atoms with van der Waals surface area (Å²) in [6, 6.07) is 9.53. The van der Waals surface area contributed by atoms with Crippen molar-refractivity contribution in [3.05, 3.63) is 75.9 Å². The normalized spacial score (nSPS) is 12.6. The summed E-state index contributed by atoms with van der Waals surface area (Å²) in [5.74, 6) is -2.14. The average Bonchev–Trinajstić information content (AvgIpc) is 2.78. The second-order valence-electron chi connectivity index (χ2n) is 7.67. The van der Waals surface area contributed by atoms with Crippen LogP contribution in [-0.2, 0) is 27.2 Å². The van der Waals surface area contributed by atoms with E-state index in [4.69, 9.17) is 14.9 Å². The molecular weight excluding hydrogens is 445 g/mol. The van der Waals surface area contributed by atoms with E-state index in [0.717, 1.165) is 0 Å². The lowest BCUT2D eigenvalue weighted by atomic mass is 10.0. The van der Waals surface area contributed by atoms with Gasteiger partial charge in [-0.25, -0.2) is 9.18 Å².